The van der Waals surface area contributed by atoms with E-state index in [9.17, 15) is 0 Å². The van der Waals surface area contributed by atoms with Gasteiger partial charge in [-0.05, 0) is 42.7 Å². The Balaban J connectivity index is 0.00000306. The molecule has 0 saturated carbocycles. The van der Waals surface area contributed by atoms with E-state index in [0.717, 1.165) is 35.1 Å². The first-order valence-electron chi connectivity index (χ1n) is 10.7. The molecule has 33 heavy (non-hydrogen) atoms. The zero-order valence-electron chi connectivity index (χ0n) is 19.2. The molecule has 0 aliphatic carbocycles. The van der Waals surface area contributed by atoms with E-state index in [0.29, 0.717) is 13.1 Å². The van der Waals surface area contributed by atoms with Crippen LogP contribution < -0.4 is 10.6 Å². The highest BCUT2D eigenvalue weighted by Gasteiger charge is 2.09. The summed E-state index contributed by atoms with van der Waals surface area (Å²) in [6.45, 7) is 6.26. The number of rotatable bonds is 7. The lowest BCUT2D eigenvalue weighted by Crippen LogP contribution is -2.36. The summed E-state index contributed by atoms with van der Waals surface area (Å²) < 4.78 is 4.05. The van der Waals surface area contributed by atoms with Gasteiger partial charge in [-0.25, -0.2) is 9.67 Å². The topological polar surface area (TPSA) is 72.1 Å². The van der Waals surface area contributed by atoms with E-state index < -0.39 is 0 Å². The van der Waals surface area contributed by atoms with Crippen LogP contribution in [-0.2, 0) is 19.6 Å². The van der Waals surface area contributed by atoms with Gasteiger partial charge in [-0.1, -0.05) is 42.5 Å². The molecule has 172 valence electrons. The normalized spacial score (nSPS) is 11.2. The van der Waals surface area contributed by atoms with Gasteiger partial charge < -0.3 is 15.2 Å². The fraction of sp³-hybridized carbons (Fsp3) is 0.240. The third-order valence-corrected chi connectivity index (χ3v) is 5.31. The van der Waals surface area contributed by atoms with Crippen LogP contribution in [0.3, 0.4) is 0 Å². The molecule has 2 aromatic carbocycles. The Morgan fingerprint density at radius 3 is 2.36 bits per heavy atom. The van der Waals surface area contributed by atoms with E-state index in [2.05, 4.69) is 79.7 Å². The Morgan fingerprint density at radius 1 is 0.970 bits per heavy atom. The Hall–Kier alpha value is -3.14. The average molecular weight is 555 g/mol. The first-order valence-corrected chi connectivity index (χ1v) is 10.7. The van der Waals surface area contributed by atoms with E-state index in [1.54, 1.807) is 13.2 Å². The van der Waals surface area contributed by atoms with Gasteiger partial charge in [0.05, 0.1) is 17.7 Å². The summed E-state index contributed by atoms with van der Waals surface area (Å²) in [4.78, 5) is 8.46. The Morgan fingerprint density at radius 2 is 1.70 bits per heavy atom. The standard InChI is InChI=1S/C25H29N7.HI/c1-19-14-20(2)32(30-19)24-7-5-4-6-23(24)16-29-25(26-3)28-15-21-8-10-22(11-9-21)17-31-13-12-27-18-31;/h4-14,18H,15-17H2,1-3H3,(H2,26,28,29);1H. The van der Waals surface area contributed by atoms with Gasteiger partial charge in [0.1, 0.15) is 0 Å². The largest absolute Gasteiger partial charge is 0.352 e. The number of aromatic nitrogens is 4. The Labute approximate surface area is 212 Å². The van der Waals surface area contributed by atoms with Crippen molar-refractivity contribution in [3.8, 4) is 5.69 Å². The number of para-hydroxylation sites is 1. The maximum atomic E-state index is 4.63. The molecule has 0 bridgehead atoms. The fourth-order valence-corrected chi connectivity index (χ4v) is 3.68. The molecule has 0 aliphatic rings. The third kappa shape index (κ3) is 6.44. The second kappa shape index (κ2) is 11.6. The number of halogens is 1. The SMILES string of the molecule is CN=C(NCc1ccc(Cn2ccnc2)cc1)NCc1ccccc1-n1nc(C)cc1C.I. The highest BCUT2D eigenvalue weighted by atomic mass is 127. The van der Waals surface area contributed by atoms with Crippen molar-refractivity contribution >= 4 is 29.9 Å². The van der Waals surface area contributed by atoms with Gasteiger partial charge in [0, 0.05) is 44.8 Å². The van der Waals surface area contributed by atoms with Crippen LogP contribution in [0.25, 0.3) is 5.69 Å². The summed E-state index contributed by atoms with van der Waals surface area (Å²) in [6, 6.07) is 19.0. The van der Waals surface area contributed by atoms with Crippen molar-refractivity contribution in [2.45, 2.75) is 33.5 Å². The molecule has 2 N–H and O–H groups in total. The predicted octanol–water partition coefficient (Wildman–Crippen LogP) is 4.22. The summed E-state index contributed by atoms with van der Waals surface area (Å²) >= 11 is 0. The summed E-state index contributed by atoms with van der Waals surface area (Å²) in [5, 5.41) is 11.5. The second-order valence-corrected chi connectivity index (χ2v) is 7.80. The molecule has 0 aliphatic heterocycles. The van der Waals surface area contributed by atoms with Gasteiger partial charge in [0.25, 0.3) is 0 Å². The summed E-state index contributed by atoms with van der Waals surface area (Å²) in [6.07, 6.45) is 5.60. The summed E-state index contributed by atoms with van der Waals surface area (Å²) in [7, 11) is 1.79. The average Bonchev–Trinajstić information content (AvgIpc) is 3.44. The van der Waals surface area contributed by atoms with E-state index >= 15 is 0 Å². The van der Waals surface area contributed by atoms with Crippen molar-refractivity contribution in [3.63, 3.8) is 0 Å². The molecule has 0 unspecified atom stereocenters. The van der Waals surface area contributed by atoms with Crippen molar-refractivity contribution in [2.75, 3.05) is 7.05 Å². The van der Waals surface area contributed by atoms with Gasteiger partial charge in [-0.3, -0.25) is 4.99 Å². The van der Waals surface area contributed by atoms with Gasteiger partial charge in [-0.15, -0.1) is 24.0 Å². The minimum atomic E-state index is 0. The molecule has 0 fully saturated rings. The van der Waals surface area contributed by atoms with Crippen LogP contribution in [0.2, 0.25) is 0 Å². The van der Waals surface area contributed by atoms with E-state index in [4.69, 9.17) is 0 Å². The van der Waals surface area contributed by atoms with Crippen LogP contribution in [0.4, 0.5) is 0 Å². The first kappa shape index (κ1) is 24.5. The smallest absolute Gasteiger partial charge is 0.191 e. The Bertz CT molecular complexity index is 1180. The molecule has 0 spiro atoms. The summed E-state index contributed by atoms with van der Waals surface area (Å²) in [5.74, 6) is 0.760. The van der Waals surface area contributed by atoms with Crippen molar-refractivity contribution < 1.29 is 0 Å². The number of hydrogen-bond acceptors (Lipinski definition) is 3. The molecule has 8 heteroatoms. The van der Waals surface area contributed by atoms with Crippen LogP contribution in [-0.4, -0.2) is 32.3 Å². The van der Waals surface area contributed by atoms with E-state index in [-0.39, 0.29) is 24.0 Å². The van der Waals surface area contributed by atoms with Crippen LogP contribution in [0.15, 0.2) is 78.3 Å². The lowest BCUT2D eigenvalue weighted by atomic mass is 10.1. The monoisotopic (exact) mass is 555 g/mol. The van der Waals surface area contributed by atoms with Crippen molar-refractivity contribution in [1.82, 2.24) is 30.0 Å². The zero-order chi connectivity index (χ0) is 22.3. The van der Waals surface area contributed by atoms with Gasteiger partial charge in [0.15, 0.2) is 5.96 Å². The third-order valence-electron chi connectivity index (χ3n) is 5.31. The van der Waals surface area contributed by atoms with Crippen molar-refractivity contribution in [3.05, 3.63) is 101 Å². The molecule has 2 heterocycles. The van der Waals surface area contributed by atoms with E-state index in [1.165, 1.54) is 11.1 Å². The number of aryl methyl sites for hydroxylation is 2. The molecular weight excluding hydrogens is 525 g/mol. The maximum Gasteiger partial charge on any atom is 0.191 e. The van der Waals surface area contributed by atoms with Crippen molar-refractivity contribution in [2.24, 2.45) is 4.99 Å². The minimum Gasteiger partial charge on any atom is -0.352 e. The zero-order valence-corrected chi connectivity index (χ0v) is 21.5. The molecule has 4 aromatic rings. The molecule has 0 radical (unpaired) electrons. The van der Waals surface area contributed by atoms with Crippen LogP contribution >= 0.6 is 24.0 Å². The number of imidazole rings is 1. The van der Waals surface area contributed by atoms with Gasteiger partial charge in [-0.2, -0.15) is 5.10 Å². The minimum absolute atomic E-state index is 0. The van der Waals surface area contributed by atoms with Crippen LogP contribution in [0.1, 0.15) is 28.1 Å². The molecule has 0 saturated heterocycles. The quantitative estimate of drug-likeness (QED) is 0.204. The highest BCUT2D eigenvalue weighted by Crippen LogP contribution is 2.17. The Kier molecular flexibility index (Phi) is 8.65. The number of guanidine groups is 1. The molecule has 4 rings (SSSR count). The van der Waals surface area contributed by atoms with E-state index in [1.807, 2.05) is 36.3 Å². The number of nitrogens with one attached hydrogen (secondary N) is 2. The van der Waals surface area contributed by atoms with Crippen LogP contribution in [0, 0.1) is 13.8 Å². The van der Waals surface area contributed by atoms with Gasteiger partial charge in [0.2, 0.25) is 0 Å². The highest BCUT2D eigenvalue weighted by molar-refractivity contribution is 14.0. The molecular formula is C25H30IN7. The van der Waals surface area contributed by atoms with Crippen LogP contribution in [0.5, 0.6) is 0 Å². The molecule has 0 amide bonds. The number of hydrogen-bond donors (Lipinski definition) is 2. The molecule has 7 nitrogen and oxygen atoms in total. The first-order chi connectivity index (χ1) is 15.6. The fourth-order valence-electron chi connectivity index (χ4n) is 3.68. The molecule has 0 atom stereocenters. The van der Waals surface area contributed by atoms with Gasteiger partial charge >= 0.3 is 0 Å². The maximum absolute atomic E-state index is 4.63. The number of aliphatic imine (C=N–C) groups is 1. The lowest BCUT2D eigenvalue weighted by Gasteiger charge is -2.15. The predicted molar refractivity (Wildman–Crippen MR) is 143 cm³/mol. The second-order valence-electron chi connectivity index (χ2n) is 7.80. The number of benzene rings is 2. The van der Waals surface area contributed by atoms with Crippen molar-refractivity contribution in [1.29, 1.82) is 0 Å². The summed E-state index contributed by atoms with van der Waals surface area (Å²) in [5.41, 5.74) is 6.81. The lowest BCUT2D eigenvalue weighted by molar-refractivity contribution is 0.779. The number of nitrogens with zero attached hydrogens (tertiary/aromatic N) is 5. The molecule has 2 aromatic heterocycles.